The van der Waals surface area contributed by atoms with Crippen LogP contribution in [0.1, 0.15) is 38.3 Å². The fourth-order valence-corrected chi connectivity index (χ4v) is 3.25. The molecule has 4 nitrogen and oxygen atoms in total. The van der Waals surface area contributed by atoms with Crippen LogP contribution in [0, 0.1) is 5.92 Å². The molecule has 2 unspecified atom stereocenters. The summed E-state index contributed by atoms with van der Waals surface area (Å²) in [5.41, 5.74) is 0.857. The molecule has 1 aliphatic heterocycles. The van der Waals surface area contributed by atoms with Crippen LogP contribution < -0.4 is 5.32 Å². The van der Waals surface area contributed by atoms with Crippen molar-refractivity contribution < 1.29 is 9.59 Å². The van der Waals surface area contributed by atoms with E-state index in [1.807, 2.05) is 37.3 Å². The minimum Gasteiger partial charge on any atom is -0.339 e. The van der Waals surface area contributed by atoms with Crippen LogP contribution in [0.5, 0.6) is 0 Å². The number of benzene rings is 1. The maximum absolute atomic E-state index is 12.7. The Morgan fingerprint density at radius 2 is 1.75 bits per heavy atom. The topological polar surface area (TPSA) is 49.4 Å². The van der Waals surface area contributed by atoms with E-state index < -0.39 is 6.04 Å². The van der Waals surface area contributed by atoms with Gasteiger partial charge in [0.25, 0.3) is 5.91 Å². The Morgan fingerprint density at radius 1 is 1.10 bits per heavy atom. The van der Waals surface area contributed by atoms with Gasteiger partial charge in [-0.3, -0.25) is 9.59 Å². The highest BCUT2D eigenvalue weighted by Crippen LogP contribution is 2.35. The number of amides is 2. The Kier molecular flexibility index (Phi) is 3.24. The summed E-state index contributed by atoms with van der Waals surface area (Å²) in [5, 5.41) is 2.85. The van der Waals surface area contributed by atoms with Crippen molar-refractivity contribution in [2.24, 2.45) is 5.92 Å². The first-order chi connectivity index (χ1) is 9.58. The quantitative estimate of drug-likeness (QED) is 0.893. The molecule has 1 saturated heterocycles. The van der Waals surface area contributed by atoms with Crippen LogP contribution in [0.2, 0.25) is 0 Å². The summed E-state index contributed by atoms with van der Waals surface area (Å²) in [7, 11) is 0. The van der Waals surface area contributed by atoms with Crippen molar-refractivity contribution in [3.05, 3.63) is 35.9 Å². The van der Waals surface area contributed by atoms with Gasteiger partial charge in [-0.15, -0.1) is 0 Å². The Morgan fingerprint density at radius 3 is 2.35 bits per heavy atom. The molecule has 2 fully saturated rings. The van der Waals surface area contributed by atoms with Crippen LogP contribution in [0.3, 0.4) is 0 Å². The van der Waals surface area contributed by atoms with E-state index in [0.29, 0.717) is 5.92 Å². The van der Waals surface area contributed by atoms with Gasteiger partial charge in [-0.25, -0.2) is 0 Å². The highest BCUT2D eigenvalue weighted by atomic mass is 16.2. The summed E-state index contributed by atoms with van der Waals surface area (Å²) in [4.78, 5) is 26.7. The van der Waals surface area contributed by atoms with Crippen molar-refractivity contribution >= 4 is 11.8 Å². The molecule has 0 bridgehead atoms. The van der Waals surface area contributed by atoms with Crippen LogP contribution in [-0.4, -0.2) is 28.8 Å². The second-order valence-corrected chi connectivity index (χ2v) is 6.00. The zero-order valence-corrected chi connectivity index (χ0v) is 11.9. The molecule has 20 heavy (non-hydrogen) atoms. The van der Waals surface area contributed by atoms with Gasteiger partial charge in [0, 0.05) is 6.04 Å². The Labute approximate surface area is 119 Å². The van der Waals surface area contributed by atoms with Crippen molar-refractivity contribution in [2.75, 3.05) is 0 Å². The standard InChI is InChI=1S/C16H20N2O2/c1-10-8-13(9-10)18-11(2)15(19)17-14(16(18)20)12-6-4-3-5-7-12/h3-7,10-11,13-14H,8-9H2,1-2H3,(H,17,19). The van der Waals surface area contributed by atoms with Gasteiger partial charge in [-0.2, -0.15) is 0 Å². The van der Waals surface area contributed by atoms with Crippen molar-refractivity contribution in [3.63, 3.8) is 0 Å². The Hall–Kier alpha value is -1.84. The van der Waals surface area contributed by atoms with E-state index >= 15 is 0 Å². The third-order valence-corrected chi connectivity index (χ3v) is 4.46. The molecule has 2 amide bonds. The zero-order valence-electron chi connectivity index (χ0n) is 11.9. The molecule has 1 N–H and O–H groups in total. The fourth-order valence-electron chi connectivity index (χ4n) is 3.25. The van der Waals surface area contributed by atoms with Crippen molar-refractivity contribution in [1.29, 1.82) is 0 Å². The summed E-state index contributed by atoms with van der Waals surface area (Å²) < 4.78 is 0. The average Bonchev–Trinajstić information content (AvgIpc) is 2.42. The Bertz CT molecular complexity index is 523. The number of nitrogens with one attached hydrogen (secondary N) is 1. The highest BCUT2D eigenvalue weighted by molar-refractivity contribution is 5.97. The van der Waals surface area contributed by atoms with Crippen LogP contribution in [0.4, 0.5) is 0 Å². The molecule has 4 heteroatoms. The third kappa shape index (κ3) is 2.09. The molecule has 2 aliphatic rings. The molecule has 1 aromatic rings. The van der Waals surface area contributed by atoms with Crippen molar-refractivity contribution in [1.82, 2.24) is 10.2 Å². The number of hydrogen-bond acceptors (Lipinski definition) is 2. The zero-order chi connectivity index (χ0) is 14.3. The highest BCUT2D eigenvalue weighted by Gasteiger charge is 2.45. The van der Waals surface area contributed by atoms with Crippen molar-refractivity contribution in [3.8, 4) is 0 Å². The molecular formula is C16H20N2O2. The summed E-state index contributed by atoms with van der Waals surface area (Å²) in [6.45, 7) is 4.00. The maximum atomic E-state index is 12.7. The fraction of sp³-hybridized carbons (Fsp3) is 0.500. The molecule has 0 radical (unpaired) electrons. The summed E-state index contributed by atoms with van der Waals surface area (Å²) in [6.07, 6.45) is 2.01. The third-order valence-electron chi connectivity index (χ3n) is 4.46. The van der Waals surface area contributed by atoms with Gasteiger partial charge in [-0.05, 0) is 31.2 Å². The Balaban J connectivity index is 1.87. The van der Waals surface area contributed by atoms with Gasteiger partial charge in [0.1, 0.15) is 12.1 Å². The number of hydrogen-bond donors (Lipinski definition) is 1. The monoisotopic (exact) mass is 272 g/mol. The van der Waals surface area contributed by atoms with Crippen LogP contribution in [-0.2, 0) is 9.59 Å². The second kappa shape index (κ2) is 4.93. The van der Waals surface area contributed by atoms with Crippen molar-refractivity contribution in [2.45, 2.75) is 44.8 Å². The smallest absolute Gasteiger partial charge is 0.250 e. The maximum Gasteiger partial charge on any atom is 0.250 e. The lowest BCUT2D eigenvalue weighted by molar-refractivity contribution is -0.154. The van der Waals surface area contributed by atoms with Gasteiger partial charge >= 0.3 is 0 Å². The molecule has 1 aromatic carbocycles. The van der Waals surface area contributed by atoms with E-state index in [2.05, 4.69) is 12.2 Å². The first-order valence-electron chi connectivity index (χ1n) is 7.25. The van der Waals surface area contributed by atoms with E-state index in [0.717, 1.165) is 18.4 Å². The van der Waals surface area contributed by atoms with Gasteiger partial charge in [0.2, 0.25) is 5.91 Å². The average molecular weight is 272 g/mol. The number of rotatable bonds is 2. The molecule has 0 aromatic heterocycles. The summed E-state index contributed by atoms with van der Waals surface area (Å²) >= 11 is 0. The van der Waals surface area contributed by atoms with E-state index in [9.17, 15) is 9.59 Å². The molecular weight excluding hydrogens is 252 g/mol. The van der Waals surface area contributed by atoms with Gasteiger partial charge < -0.3 is 10.2 Å². The predicted octanol–water partition coefficient (Wildman–Crippen LogP) is 1.87. The van der Waals surface area contributed by atoms with Gasteiger partial charge in [0.15, 0.2) is 0 Å². The first-order valence-corrected chi connectivity index (χ1v) is 7.25. The normalized spacial score (nSPS) is 33.6. The number of piperazine rings is 1. The summed E-state index contributed by atoms with van der Waals surface area (Å²) in [6, 6.07) is 8.80. The first kappa shape index (κ1) is 13.2. The van der Waals surface area contributed by atoms with E-state index in [-0.39, 0.29) is 23.9 Å². The number of carbonyl (C=O) groups is 2. The molecule has 3 rings (SSSR count). The second-order valence-electron chi connectivity index (χ2n) is 6.00. The number of nitrogens with zero attached hydrogens (tertiary/aromatic N) is 1. The van der Waals surface area contributed by atoms with Crippen LogP contribution in [0.25, 0.3) is 0 Å². The van der Waals surface area contributed by atoms with Crippen LogP contribution >= 0.6 is 0 Å². The van der Waals surface area contributed by atoms with Gasteiger partial charge in [-0.1, -0.05) is 37.3 Å². The van der Waals surface area contributed by atoms with Gasteiger partial charge in [0.05, 0.1) is 0 Å². The minimum atomic E-state index is -0.532. The predicted molar refractivity (Wildman–Crippen MR) is 75.8 cm³/mol. The largest absolute Gasteiger partial charge is 0.339 e. The van der Waals surface area contributed by atoms with E-state index in [1.165, 1.54) is 0 Å². The van der Waals surface area contributed by atoms with Crippen LogP contribution in [0.15, 0.2) is 30.3 Å². The lowest BCUT2D eigenvalue weighted by Crippen LogP contribution is -2.63. The molecule has 1 saturated carbocycles. The number of carbonyl (C=O) groups excluding carboxylic acids is 2. The van der Waals surface area contributed by atoms with E-state index in [4.69, 9.17) is 0 Å². The molecule has 106 valence electrons. The molecule has 2 atom stereocenters. The van der Waals surface area contributed by atoms with E-state index in [1.54, 1.807) is 4.90 Å². The lowest BCUT2D eigenvalue weighted by Gasteiger charge is -2.47. The SMILES string of the molecule is CC1CC(N2C(=O)C(c3ccccc3)NC(=O)C2C)C1. The molecule has 1 heterocycles. The lowest BCUT2D eigenvalue weighted by atomic mass is 9.79. The molecule has 0 spiro atoms. The molecule has 1 aliphatic carbocycles. The summed E-state index contributed by atoms with van der Waals surface area (Å²) in [5.74, 6) is 0.623. The minimum absolute atomic E-state index is 0.0280.